The van der Waals surface area contributed by atoms with Gasteiger partial charge in [0, 0.05) is 32.2 Å². The van der Waals surface area contributed by atoms with Crippen molar-refractivity contribution < 1.29 is 14.8 Å². The summed E-state index contributed by atoms with van der Waals surface area (Å²) in [6.45, 7) is 4.54. The summed E-state index contributed by atoms with van der Waals surface area (Å²) in [4.78, 5) is 29.0. The molecule has 1 fully saturated rings. The second-order valence-electron chi connectivity index (χ2n) is 4.92. The molecule has 1 aliphatic heterocycles. The van der Waals surface area contributed by atoms with E-state index in [4.69, 9.17) is 5.11 Å². The smallest absolute Gasteiger partial charge is 0.363 e. The molecule has 0 spiro atoms. The maximum absolute atomic E-state index is 11.2. The molecular weight excluding hydrogens is 276 g/mol. The minimum absolute atomic E-state index is 0.172. The van der Waals surface area contributed by atoms with Crippen LogP contribution in [0.25, 0.3) is 0 Å². The van der Waals surface area contributed by atoms with Crippen molar-refractivity contribution in [3.05, 3.63) is 28.4 Å². The lowest BCUT2D eigenvalue weighted by molar-refractivity contribution is -0.389. The molecule has 0 aliphatic carbocycles. The fraction of sp³-hybridized carbons (Fsp3) is 0.538. The van der Waals surface area contributed by atoms with E-state index in [-0.39, 0.29) is 5.82 Å². The third-order valence-corrected chi connectivity index (χ3v) is 3.71. The Morgan fingerprint density at radius 3 is 2.52 bits per heavy atom. The molecule has 1 atom stereocenters. The molecule has 0 radical (unpaired) electrons. The first kappa shape index (κ1) is 15.2. The number of nitro groups is 1. The number of aromatic nitrogens is 1. The number of anilines is 1. The van der Waals surface area contributed by atoms with Crippen LogP contribution in [-0.2, 0) is 4.79 Å². The number of rotatable bonds is 5. The molecule has 1 saturated heterocycles. The first-order chi connectivity index (χ1) is 10.0. The number of carboxylic acid groups (broad SMARTS) is 1. The highest BCUT2D eigenvalue weighted by molar-refractivity contribution is 5.73. The van der Waals surface area contributed by atoms with Crippen LogP contribution in [0.4, 0.5) is 11.5 Å². The molecule has 1 aromatic heterocycles. The van der Waals surface area contributed by atoms with Crippen LogP contribution >= 0.6 is 0 Å². The summed E-state index contributed by atoms with van der Waals surface area (Å²) in [6, 6.07) is 2.62. The van der Waals surface area contributed by atoms with Gasteiger partial charge in [-0.15, -0.1) is 0 Å². The third-order valence-electron chi connectivity index (χ3n) is 3.71. The predicted octanol–water partition coefficient (Wildman–Crippen LogP) is 0.975. The van der Waals surface area contributed by atoms with E-state index in [0.29, 0.717) is 32.6 Å². The summed E-state index contributed by atoms with van der Waals surface area (Å²) < 4.78 is 0. The third kappa shape index (κ3) is 3.46. The number of aliphatic carboxylic acids is 1. The molecule has 1 N–H and O–H groups in total. The van der Waals surface area contributed by atoms with Crippen molar-refractivity contribution in [3.63, 3.8) is 0 Å². The summed E-state index contributed by atoms with van der Waals surface area (Å²) in [5, 5.41) is 19.7. The first-order valence-electron chi connectivity index (χ1n) is 6.85. The molecule has 2 rings (SSSR count). The fourth-order valence-corrected chi connectivity index (χ4v) is 2.55. The monoisotopic (exact) mass is 294 g/mol. The second kappa shape index (κ2) is 6.49. The highest BCUT2D eigenvalue weighted by Crippen LogP contribution is 2.19. The van der Waals surface area contributed by atoms with Gasteiger partial charge in [-0.1, -0.05) is 6.92 Å². The fourth-order valence-electron chi connectivity index (χ4n) is 2.55. The Morgan fingerprint density at radius 1 is 1.43 bits per heavy atom. The van der Waals surface area contributed by atoms with Gasteiger partial charge in [-0.3, -0.25) is 9.69 Å². The van der Waals surface area contributed by atoms with E-state index in [0.717, 1.165) is 5.69 Å². The van der Waals surface area contributed by atoms with Crippen LogP contribution < -0.4 is 4.90 Å². The standard InChI is InChI=1S/C13H18N4O4/c1-2-11(13(18)19)16-7-5-15(6-8-16)10-3-4-12(14-9-10)17(20)21/h3-4,9,11H,2,5-8H2,1H3,(H,18,19). The summed E-state index contributed by atoms with van der Waals surface area (Å²) in [5.41, 5.74) is 0.823. The molecule has 8 heteroatoms. The molecule has 114 valence electrons. The molecule has 0 aromatic carbocycles. The Balaban J connectivity index is 1.97. The molecular formula is C13H18N4O4. The highest BCUT2D eigenvalue weighted by atomic mass is 16.6. The van der Waals surface area contributed by atoms with Gasteiger partial charge in [-0.2, -0.15) is 0 Å². The lowest BCUT2D eigenvalue weighted by atomic mass is 10.1. The average Bonchev–Trinajstić information content (AvgIpc) is 2.48. The lowest BCUT2D eigenvalue weighted by Gasteiger charge is -2.38. The summed E-state index contributed by atoms with van der Waals surface area (Å²) >= 11 is 0. The Kier molecular flexibility index (Phi) is 4.69. The Labute approximate surface area is 122 Å². The van der Waals surface area contributed by atoms with Gasteiger partial charge in [0.2, 0.25) is 0 Å². The number of nitrogens with zero attached hydrogens (tertiary/aromatic N) is 4. The number of hydrogen-bond donors (Lipinski definition) is 1. The van der Waals surface area contributed by atoms with Crippen molar-refractivity contribution in [2.45, 2.75) is 19.4 Å². The van der Waals surface area contributed by atoms with Crippen LogP contribution in [0, 0.1) is 10.1 Å². The minimum atomic E-state index is -0.789. The van der Waals surface area contributed by atoms with Gasteiger partial charge < -0.3 is 20.1 Å². The van der Waals surface area contributed by atoms with E-state index >= 15 is 0 Å². The number of carbonyl (C=O) groups is 1. The minimum Gasteiger partial charge on any atom is -0.480 e. The molecule has 8 nitrogen and oxygen atoms in total. The summed E-state index contributed by atoms with van der Waals surface area (Å²) in [6.07, 6.45) is 2.07. The molecule has 1 unspecified atom stereocenters. The Bertz CT molecular complexity index is 511. The second-order valence-corrected chi connectivity index (χ2v) is 4.92. The van der Waals surface area contributed by atoms with Crippen molar-refractivity contribution >= 4 is 17.5 Å². The van der Waals surface area contributed by atoms with Gasteiger partial charge >= 0.3 is 11.8 Å². The van der Waals surface area contributed by atoms with Crippen molar-refractivity contribution in [2.75, 3.05) is 31.1 Å². The van der Waals surface area contributed by atoms with Gasteiger partial charge in [-0.05, 0) is 22.4 Å². The largest absolute Gasteiger partial charge is 0.480 e. The zero-order valence-corrected chi connectivity index (χ0v) is 11.8. The number of piperazine rings is 1. The van der Waals surface area contributed by atoms with Crippen LogP contribution in [0.5, 0.6) is 0 Å². The summed E-state index contributed by atoms with van der Waals surface area (Å²) in [7, 11) is 0. The van der Waals surface area contributed by atoms with Crippen molar-refractivity contribution in [1.29, 1.82) is 0 Å². The SMILES string of the molecule is CCC(C(=O)O)N1CCN(c2ccc([N+](=O)[O-])nc2)CC1. The average molecular weight is 294 g/mol. The lowest BCUT2D eigenvalue weighted by Crippen LogP contribution is -2.52. The van der Waals surface area contributed by atoms with Crippen LogP contribution in [0.2, 0.25) is 0 Å². The zero-order chi connectivity index (χ0) is 15.4. The van der Waals surface area contributed by atoms with Crippen LogP contribution in [0.3, 0.4) is 0 Å². The molecule has 21 heavy (non-hydrogen) atoms. The molecule has 1 aromatic rings. The summed E-state index contributed by atoms with van der Waals surface area (Å²) in [5.74, 6) is -0.961. The van der Waals surface area contributed by atoms with E-state index in [9.17, 15) is 14.9 Å². The number of carboxylic acids is 1. The maximum Gasteiger partial charge on any atom is 0.363 e. The first-order valence-corrected chi connectivity index (χ1v) is 6.85. The molecule has 0 bridgehead atoms. The quantitative estimate of drug-likeness (QED) is 0.638. The number of hydrogen-bond acceptors (Lipinski definition) is 6. The van der Waals surface area contributed by atoms with Gasteiger partial charge in [-0.25, -0.2) is 0 Å². The van der Waals surface area contributed by atoms with E-state index in [2.05, 4.69) is 9.88 Å². The Hall–Kier alpha value is -2.22. The van der Waals surface area contributed by atoms with Gasteiger partial charge in [0.25, 0.3) is 0 Å². The maximum atomic E-state index is 11.2. The molecule has 1 aliphatic rings. The van der Waals surface area contributed by atoms with E-state index in [1.165, 1.54) is 12.3 Å². The van der Waals surface area contributed by atoms with Crippen LogP contribution in [0.1, 0.15) is 13.3 Å². The van der Waals surface area contributed by atoms with Crippen molar-refractivity contribution in [1.82, 2.24) is 9.88 Å². The molecule has 2 heterocycles. The molecule has 0 saturated carbocycles. The van der Waals surface area contributed by atoms with Gasteiger partial charge in [0.1, 0.15) is 6.04 Å². The van der Waals surface area contributed by atoms with Gasteiger partial charge in [0.05, 0.1) is 5.69 Å². The van der Waals surface area contributed by atoms with E-state index < -0.39 is 16.9 Å². The van der Waals surface area contributed by atoms with E-state index in [1.807, 2.05) is 11.8 Å². The normalized spacial score (nSPS) is 17.5. The van der Waals surface area contributed by atoms with E-state index in [1.54, 1.807) is 6.07 Å². The highest BCUT2D eigenvalue weighted by Gasteiger charge is 2.27. The Morgan fingerprint density at radius 2 is 2.10 bits per heavy atom. The topological polar surface area (TPSA) is 99.8 Å². The predicted molar refractivity (Wildman–Crippen MR) is 76.4 cm³/mol. The van der Waals surface area contributed by atoms with Crippen LogP contribution in [0.15, 0.2) is 18.3 Å². The zero-order valence-electron chi connectivity index (χ0n) is 11.8. The van der Waals surface area contributed by atoms with Crippen molar-refractivity contribution in [3.8, 4) is 0 Å². The number of pyridine rings is 1. The van der Waals surface area contributed by atoms with Gasteiger partial charge in [0.15, 0.2) is 6.20 Å². The van der Waals surface area contributed by atoms with Crippen molar-refractivity contribution in [2.24, 2.45) is 0 Å². The van der Waals surface area contributed by atoms with Crippen LogP contribution in [-0.4, -0.2) is 58.1 Å². The molecule has 0 amide bonds.